The molecule has 1 atom stereocenters. The molecular formula is C19H20N4O3. The number of hydrogen-bond acceptors (Lipinski definition) is 3. The summed E-state index contributed by atoms with van der Waals surface area (Å²) >= 11 is 0. The molecule has 0 bridgehead atoms. The van der Waals surface area contributed by atoms with E-state index in [-0.39, 0.29) is 24.6 Å². The van der Waals surface area contributed by atoms with Crippen LogP contribution in [0.25, 0.3) is 11.0 Å². The number of primary amides is 1. The molecule has 3 N–H and O–H groups in total. The van der Waals surface area contributed by atoms with Gasteiger partial charge in [-0.3, -0.25) is 18.7 Å². The standard InChI is InChI=1S/C19H20N4O3/c1-22-14-9-5-6-10-15(14)23(19(22)26)12-11-16(24)21-17(18(20)25)13-7-3-2-4-8-13/h2-10,17H,11-12H2,1H3,(H2,20,25)(H,21,24)/t17-/m0/s1. The number of nitrogens with zero attached hydrogens (tertiary/aromatic N) is 2. The van der Waals surface area contributed by atoms with Crippen LogP contribution in [0.5, 0.6) is 0 Å². The van der Waals surface area contributed by atoms with Gasteiger partial charge in [0.15, 0.2) is 0 Å². The molecule has 3 rings (SSSR count). The van der Waals surface area contributed by atoms with Crippen LogP contribution >= 0.6 is 0 Å². The zero-order valence-electron chi connectivity index (χ0n) is 14.4. The van der Waals surface area contributed by atoms with Crippen LogP contribution in [0.3, 0.4) is 0 Å². The number of amides is 2. The lowest BCUT2D eigenvalue weighted by Crippen LogP contribution is -2.38. The van der Waals surface area contributed by atoms with Gasteiger partial charge in [-0.05, 0) is 17.7 Å². The van der Waals surface area contributed by atoms with E-state index in [0.29, 0.717) is 5.56 Å². The molecule has 0 unspecified atom stereocenters. The molecule has 0 aliphatic rings. The van der Waals surface area contributed by atoms with Gasteiger partial charge in [-0.25, -0.2) is 4.79 Å². The first-order valence-corrected chi connectivity index (χ1v) is 8.27. The quantitative estimate of drug-likeness (QED) is 0.694. The van der Waals surface area contributed by atoms with Gasteiger partial charge in [0, 0.05) is 20.0 Å². The summed E-state index contributed by atoms with van der Waals surface area (Å²) in [7, 11) is 1.69. The Hall–Kier alpha value is -3.35. The van der Waals surface area contributed by atoms with E-state index in [0.717, 1.165) is 11.0 Å². The smallest absolute Gasteiger partial charge is 0.328 e. The highest BCUT2D eigenvalue weighted by molar-refractivity contribution is 5.87. The van der Waals surface area contributed by atoms with E-state index in [1.54, 1.807) is 40.4 Å². The largest absolute Gasteiger partial charge is 0.368 e. The van der Waals surface area contributed by atoms with E-state index in [1.165, 1.54) is 0 Å². The van der Waals surface area contributed by atoms with Gasteiger partial charge < -0.3 is 11.1 Å². The average molecular weight is 352 g/mol. The topological polar surface area (TPSA) is 99.1 Å². The normalized spacial score (nSPS) is 12.0. The van der Waals surface area contributed by atoms with E-state index < -0.39 is 11.9 Å². The molecule has 2 amide bonds. The van der Waals surface area contributed by atoms with Crippen molar-refractivity contribution in [3.63, 3.8) is 0 Å². The maximum atomic E-state index is 12.4. The number of nitrogens with two attached hydrogens (primary N) is 1. The molecule has 3 aromatic rings. The fraction of sp³-hybridized carbons (Fsp3) is 0.211. The van der Waals surface area contributed by atoms with Crippen molar-refractivity contribution in [1.82, 2.24) is 14.5 Å². The lowest BCUT2D eigenvalue weighted by Gasteiger charge is -2.16. The van der Waals surface area contributed by atoms with E-state index >= 15 is 0 Å². The summed E-state index contributed by atoms with van der Waals surface area (Å²) in [5.41, 5.74) is 7.42. The van der Waals surface area contributed by atoms with Crippen LogP contribution in [0.4, 0.5) is 0 Å². The molecule has 1 heterocycles. The highest BCUT2D eigenvalue weighted by atomic mass is 16.2. The van der Waals surface area contributed by atoms with E-state index in [4.69, 9.17) is 5.73 Å². The van der Waals surface area contributed by atoms with Crippen molar-refractivity contribution < 1.29 is 9.59 Å². The van der Waals surface area contributed by atoms with Crippen LogP contribution in [0.2, 0.25) is 0 Å². The van der Waals surface area contributed by atoms with Crippen LogP contribution in [0, 0.1) is 0 Å². The van der Waals surface area contributed by atoms with Crippen LogP contribution < -0.4 is 16.7 Å². The zero-order valence-corrected chi connectivity index (χ0v) is 14.4. The fourth-order valence-electron chi connectivity index (χ4n) is 2.99. The molecule has 7 nitrogen and oxygen atoms in total. The van der Waals surface area contributed by atoms with Gasteiger partial charge >= 0.3 is 5.69 Å². The van der Waals surface area contributed by atoms with Crippen molar-refractivity contribution in [2.24, 2.45) is 12.8 Å². The molecule has 0 aliphatic heterocycles. The summed E-state index contributed by atoms with van der Waals surface area (Å²) in [4.78, 5) is 36.4. The highest BCUT2D eigenvalue weighted by Gasteiger charge is 2.20. The van der Waals surface area contributed by atoms with Crippen LogP contribution in [0.1, 0.15) is 18.0 Å². The number of carbonyl (C=O) groups excluding carboxylic acids is 2. The molecule has 2 aromatic carbocycles. The predicted octanol–water partition coefficient (Wildman–Crippen LogP) is 1.07. The minimum Gasteiger partial charge on any atom is -0.368 e. The molecule has 0 saturated heterocycles. The van der Waals surface area contributed by atoms with Crippen molar-refractivity contribution in [2.45, 2.75) is 19.0 Å². The molecule has 0 saturated carbocycles. The van der Waals surface area contributed by atoms with Gasteiger partial charge in [-0.1, -0.05) is 42.5 Å². The average Bonchev–Trinajstić information content (AvgIpc) is 2.89. The summed E-state index contributed by atoms with van der Waals surface area (Å²) < 4.78 is 3.10. The van der Waals surface area contributed by atoms with Gasteiger partial charge in [0.1, 0.15) is 6.04 Å². The Morgan fingerprint density at radius 2 is 1.65 bits per heavy atom. The second-order valence-electron chi connectivity index (χ2n) is 6.05. The summed E-state index contributed by atoms with van der Waals surface area (Å²) in [5, 5.41) is 2.64. The van der Waals surface area contributed by atoms with E-state index in [9.17, 15) is 14.4 Å². The third kappa shape index (κ3) is 3.37. The Labute approximate surface area is 150 Å². The second-order valence-corrected chi connectivity index (χ2v) is 6.05. The van der Waals surface area contributed by atoms with Gasteiger partial charge in [0.05, 0.1) is 11.0 Å². The lowest BCUT2D eigenvalue weighted by atomic mass is 10.1. The van der Waals surface area contributed by atoms with Crippen molar-refractivity contribution in [1.29, 1.82) is 0 Å². The maximum absolute atomic E-state index is 12.4. The van der Waals surface area contributed by atoms with Crippen molar-refractivity contribution in [2.75, 3.05) is 0 Å². The lowest BCUT2D eigenvalue weighted by molar-refractivity contribution is -0.127. The number of fused-ring (bicyclic) bond motifs is 1. The first-order valence-electron chi connectivity index (χ1n) is 8.27. The van der Waals surface area contributed by atoms with Gasteiger partial charge in [0.25, 0.3) is 0 Å². The molecular weight excluding hydrogens is 332 g/mol. The van der Waals surface area contributed by atoms with Crippen LogP contribution in [-0.2, 0) is 23.2 Å². The van der Waals surface area contributed by atoms with Gasteiger partial charge in [-0.2, -0.15) is 0 Å². The van der Waals surface area contributed by atoms with E-state index in [2.05, 4.69) is 5.32 Å². The summed E-state index contributed by atoms with van der Waals surface area (Å²) in [6, 6.07) is 15.3. The fourth-order valence-corrected chi connectivity index (χ4v) is 2.99. The molecule has 26 heavy (non-hydrogen) atoms. The van der Waals surface area contributed by atoms with Crippen molar-refractivity contribution in [3.8, 4) is 0 Å². The molecule has 134 valence electrons. The van der Waals surface area contributed by atoms with Gasteiger partial charge in [0.2, 0.25) is 11.8 Å². The Kier molecular flexibility index (Phi) is 4.88. The number of carbonyl (C=O) groups is 2. The van der Waals surface area contributed by atoms with Crippen LogP contribution in [-0.4, -0.2) is 20.9 Å². The first-order chi connectivity index (χ1) is 12.5. The van der Waals surface area contributed by atoms with Crippen LogP contribution in [0.15, 0.2) is 59.4 Å². The molecule has 1 aromatic heterocycles. The SMILES string of the molecule is Cn1c(=O)n(CCC(=O)N[C@H](C(N)=O)c2ccccc2)c2ccccc21. The molecule has 0 radical (unpaired) electrons. The summed E-state index contributed by atoms with van der Waals surface area (Å²) in [6.07, 6.45) is 0.0600. The third-order valence-corrected chi connectivity index (χ3v) is 4.34. The number of hydrogen-bond donors (Lipinski definition) is 2. The number of benzene rings is 2. The number of imidazole rings is 1. The number of nitrogens with one attached hydrogen (secondary N) is 1. The predicted molar refractivity (Wildman–Crippen MR) is 98.3 cm³/mol. The first kappa shape index (κ1) is 17.5. The zero-order chi connectivity index (χ0) is 18.7. The minimum atomic E-state index is -0.895. The Morgan fingerprint density at radius 3 is 2.31 bits per heavy atom. The number of aromatic nitrogens is 2. The monoisotopic (exact) mass is 352 g/mol. The summed E-state index contributed by atoms with van der Waals surface area (Å²) in [5.74, 6) is -0.982. The highest BCUT2D eigenvalue weighted by Crippen LogP contribution is 2.14. The van der Waals surface area contributed by atoms with Crippen molar-refractivity contribution in [3.05, 3.63) is 70.6 Å². The summed E-state index contributed by atoms with van der Waals surface area (Å²) in [6.45, 7) is 0.215. The molecule has 0 spiro atoms. The number of rotatable bonds is 6. The third-order valence-electron chi connectivity index (χ3n) is 4.34. The van der Waals surface area contributed by atoms with Gasteiger partial charge in [-0.15, -0.1) is 0 Å². The van der Waals surface area contributed by atoms with E-state index in [1.807, 2.05) is 30.3 Å². The number of para-hydroxylation sites is 2. The Balaban J connectivity index is 1.74. The molecule has 0 aliphatic carbocycles. The molecule has 0 fully saturated rings. The second kappa shape index (κ2) is 7.26. The Morgan fingerprint density at radius 1 is 1.04 bits per heavy atom. The minimum absolute atomic E-state index is 0.0600. The number of aryl methyl sites for hydroxylation is 2. The maximum Gasteiger partial charge on any atom is 0.328 e. The molecule has 7 heteroatoms. The van der Waals surface area contributed by atoms with Crippen molar-refractivity contribution >= 4 is 22.8 Å². The Bertz CT molecular complexity index is 1000.